The molecular weight excluding hydrogens is 454 g/mol. The third kappa shape index (κ3) is 4.51. The summed E-state index contributed by atoms with van der Waals surface area (Å²) in [6.07, 6.45) is 2.98. The molecule has 2 unspecified atom stereocenters. The third-order valence-corrected chi connectivity index (χ3v) is 6.99. The SMILES string of the molecule is CC(Oc1cc(-n2cnc3ccc(CS(C)=O)cc32)sc1C(N)=O)c1ccccc1Cl. The van der Waals surface area contributed by atoms with E-state index in [2.05, 4.69) is 4.98 Å². The number of ether oxygens (including phenoxy) is 1. The lowest BCUT2D eigenvalue weighted by Gasteiger charge is -2.16. The molecule has 6 nitrogen and oxygen atoms in total. The first-order valence-corrected chi connectivity index (χ1v) is 12.4. The zero-order chi connectivity index (χ0) is 22.1. The maximum Gasteiger partial charge on any atom is 0.262 e. The van der Waals surface area contributed by atoms with Crippen LogP contribution < -0.4 is 10.5 Å². The Kier molecular flexibility index (Phi) is 6.13. The van der Waals surface area contributed by atoms with Gasteiger partial charge in [-0.25, -0.2) is 4.98 Å². The van der Waals surface area contributed by atoms with Gasteiger partial charge in [0.15, 0.2) is 0 Å². The summed E-state index contributed by atoms with van der Waals surface area (Å²) in [5.41, 5.74) is 9.04. The molecule has 2 aromatic carbocycles. The number of amides is 1. The van der Waals surface area contributed by atoms with Crippen molar-refractivity contribution in [3.05, 3.63) is 75.9 Å². The number of primary amides is 1. The van der Waals surface area contributed by atoms with Crippen molar-refractivity contribution in [3.8, 4) is 10.8 Å². The van der Waals surface area contributed by atoms with E-state index in [9.17, 15) is 9.00 Å². The summed E-state index contributed by atoms with van der Waals surface area (Å²) in [7, 11) is -0.950. The van der Waals surface area contributed by atoms with Crippen molar-refractivity contribution in [2.75, 3.05) is 6.26 Å². The van der Waals surface area contributed by atoms with Gasteiger partial charge in [-0.15, -0.1) is 11.3 Å². The number of hydrogen-bond acceptors (Lipinski definition) is 5. The van der Waals surface area contributed by atoms with Gasteiger partial charge in [0.1, 0.15) is 28.1 Å². The van der Waals surface area contributed by atoms with E-state index < -0.39 is 16.7 Å². The second-order valence-corrected chi connectivity index (χ2v) is 9.95. The molecule has 2 heterocycles. The summed E-state index contributed by atoms with van der Waals surface area (Å²) in [6.45, 7) is 1.87. The van der Waals surface area contributed by atoms with Crippen molar-refractivity contribution in [2.45, 2.75) is 18.8 Å². The minimum absolute atomic E-state index is 0.321. The van der Waals surface area contributed by atoms with E-state index in [1.54, 1.807) is 24.7 Å². The highest BCUT2D eigenvalue weighted by Gasteiger charge is 2.21. The minimum atomic E-state index is -0.950. The number of imidazole rings is 1. The van der Waals surface area contributed by atoms with Crippen molar-refractivity contribution in [2.24, 2.45) is 5.73 Å². The predicted octanol–water partition coefficient (Wildman–Crippen LogP) is 4.86. The molecule has 4 aromatic rings. The van der Waals surface area contributed by atoms with Crippen LogP contribution in [0.25, 0.3) is 16.0 Å². The monoisotopic (exact) mass is 473 g/mol. The molecule has 2 aromatic heterocycles. The van der Waals surface area contributed by atoms with E-state index in [-0.39, 0.29) is 6.10 Å². The fourth-order valence-electron chi connectivity index (χ4n) is 3.35. The molecule has 0 radical (unpaired) electrons. The lowest BCUT2D eigenvalue weighted by atomic mass is 10.1. The number of aromatic nitrogens is 2. The van der Waals surface area contributed by atoms with Crippen LogP contribution in [0.2, 0.25) is 5.02 Å². The lowest BCUT2D eigenvalue weighted by molar-refractivity contribution is 0.0998. The summed E-state index contributed by atoms with van der Waals surface area (Å²) in [6, 6.07) is 15.0. The van der Waals surface area contributed by atoms with Crippen molar-refractivity contribution in [1.29, 1.82) is 0 Å². The van der Waals surface area contributed by atoms with Crippen molar-refractivity contribution >= 4 is 50.7 Å². The van der Waals surface area contributed by atoms with E-state index in [4.69, 9.17) is 22.1 Å². The molecule has 0 aliphatic rings. The lowest BCUT2D eigenvalue weighted by Crippen LogP contribution is -2.12. The Morgan fingerprint density at radius 3 is 2.77 bits per heavy atom. The van der Waals surface area contributed by atoms with Crippen LogP contribution in [0, 0.1) is 0 Å². The number of nitrogens with two attached hydrogens (primary N) is 1. The normalized spacial score (nSPS) is 13.3. The molecule has 0 aliphatic carbocycles. The Labute approximate surface area is 191 Å². The van der Waals surface area contributed by atoms with Crippen LogP contribution >= 0.6 is 22.9 Å². The van der Waals surface area contributed by atoms with Gasteiger partial charge in [0.05, 0.1) is 11.0 Å². The molecular formula is C22H20ClN3O3S2. The molecule has 0 fully saturated rings. The van der Waals surface area contributed by atoms with Crippen molar-refractivity contribution in [1.82, 2.24) is 9.55 Å². The van der Waals surface area contributed by atoms with E-state index >= 15 is 0 Å². The Hall–Kier alpha value is -2.68. The second kappa shape index (κ2) is 8.82. The molecule has 2 atom stereocenters. The highest BCUT2D eigenvalue weighted by atomic mass is 35.5. The first-order chi connectivity index (χ1) is 14.8. The maximum absolute atomic E-state index is 12.1. The number of carbonyl (C=O) groups is 1. The molecule has 31 heavy (non-hydrogen) atoms. The van der Waals surface area contributed by atoms with Crippen LogP contribution in [-0.4, -0.2) is 25.9 Å². The van der Waals surface area contributed by atoms with Crippen LogP contribution in [0.1, 0.15) is 33.8 Å². The molecule has 4 rings (SSSR count). The van der Waals surface area contributed by atoms with Gasteiger partial charge in [0, 0.05) is 39.5 Å². The van der Waals surface area contributed by atoms with E-state index in [0.29, 0.717) is 21.4 Å². The van der Waals surface area contributed by atoms with Crippen LogP contribution in [-0.2, 0) is 16.6 Å². The number of hydrogen-bond donors (Lipinski definition) is 1. The Balaban J connectivity index is 1.73. The zero-order valence-electron chi connectivity index (χ0n) is 16.9. The fourth-order valence-corrected chi connectivity index (χ4v) is 5.22. The molecule has 1 amide bonds. The highest BCUT2D eigenvalue weighted by Crippen LogP contribution is 2.37. The van der Waals surface area contributed by atoms with E-state index in [0.717, 1.165) is 27.2 Å². The van der Waals surface area contributed by atoms with Crippen LogP contribution in [0.3, 0.4) is 0 Å². The van der Waals surface area contributed by atoms with Gasteiger partial charge in [0.25, 0.3) is 5.91 Å². The summed E-state index contributed by atoms with van der Waals surface area (Å²) < 4.78 is 19.6. The number of thiophene rings is 1. The fraction of sp³-hybridized carbons (Fsp3) is 0.182. The zero-order valence-corrected chi connectivity index (χ0v) is 19.3. The first-order valence-electron chi connectivity index (χ1n) is 9.44. The molecule has 9 heteroatoms. The molecule has 0 aliphatic heterocycles. The molecule has 0 saturated carbocycles. The van der Waals surface area contributed by atoms with E-state index in [1.165, 1.54) is 11.3 Å². The molecule has 0 saturated heterocycles. The number of fused-ring (bicyclic) bond motifs is 1. The largest absolute Gasteiger partial charge is 0.484 e. The number of nitrogens with zero attached hydrogens (tertiary/aromatic N) is 2. The van der Waals surface area contributed by atoms with Gasteiger partial charge in [-0.2, -0.15) is 0 Å². The van der Waals surface area contributed by atoms with E-state index in [1.807, 2.05) is 47.9 Å². The molecule has 160 valence electrons. The summed E-state index contributed by atoms with van der Waals surface area (Å²) >= 11 is 7.52. The standard InChI is InChI=1S/C22H20ClN3O3S2/c1-13(15-5-3-4-6-16(15)23)29-19-10-20(30-21(19)22(24)27)26-12-25-17-8-7-14(9-18(17)26)11-31(2)28/h3-10,12-13H,11H2,1-2H3,(H2,24,27). The maximum atomic E-state index is 12.1. The summed E-state index contributed by atoms with van der Waals surface area (Å²) in [5, 5.41) is 1.33. The van der Waals surface area contributed by atoms with Crippen molar-refractivity contribution in [3.63, 3.8) is 0 Å². The van der Waals surface area contributed by atoms with Crippen molar-refractivity contribution < 1.29 is 13.7 Å². The van der Waals surface area contributed by atoms with Gasteiger partial charge in [-0.3, -0.25) is 13.6 Å². The number of carbonyl (C=O) groups excluding carboxylic acids is 1. The average Bonchev–Trinajstić information content (AvgIpc) is 3.31. The van der Waals surface area contributed by atoms with Gasteiger partial charge in [0.2, 0.25) is 0 Å². The number of rotatable bonds is 7. The second-order valence-electron chi connectivity index (χ2n) is 7.08. The van der Waals surface area contributed by atoms with Gasteiger partial charge >= 0.3 is 0 Å². The topological polar surface area (TPSA) is 87.2 Å². The van der Waals surface area contributed by atoms with Crippen LogP contribution in [0.5, 0.6) is 5.75 Å². The quantitative estimate of drug-likeness (QED) is 0.415. The van der Waals surface area contributed by atoms with Crippen LogP contribution in [0.4, 0.5) is 0 Å². The number of benzene rings is 2. The molecule has 0 bridgehead atoms. The molecule has 0 spiro atoms. The average molecular weight is 474 g/mol. The number of halogens is 1. The molecule has 2 N–H and O–H groups in total. The summed E-state index contributed by atoms with van der Waals surface area (Å²) in [5.74, 6) is 0.290. The Morgan fingerprint density at radius 1 is 1.29 bits per heavy atom. The summed E-state index contributed by atoms with van der Waals surface area (Å²) in [4.78, 5) is 16.9. The van der Waals surface area contributed by atoms with Gasteiger partial charge in [-0.05, 0) is 30.7 Å². The Morgan fingerprint density at radius 2 is 2.06 bits per heavy atom. The van der Waals surface area contributed by atoms with Gasteiger partial charge < -0.3 is 10.5 Å². The predicted molar refractivity (Wildman–Crippen MR) is 126 cm³/mol. The third-order valence-electron chi connectivity index (χ3n) is 4.77. The Bertz CT molecular complexity index is 1300. The first kappa shape index (κ1) is 21.5. The van der Waals surface area contributed by atoms with Crippen LogP contribution in [0.15, 0.2) is 54.9 Å². The minimum Gasteiger partial charge on any atom is -0.484 e. The smallest absolute Gasteiger partial charge is 0.262 e. The highest BCUT2D eigenvalue weighted by molar-refractivity contribution is 7.83. The van der Waals surface area contributed by atoms with Gasteiger partial charge in [-0.1, -0.05) is 35.9 Å².